The molecule has 1 amide bonds. The molecule has 0 spiro atoms. The average Bonchev–Trinajstić information content (AvgIpc) is 3.24. The molecule has 0 unspecified atom stereocenters. The van der Waals surface area contributed by atoms with Gasteiger partial charge in [0.15, 0.2) is 17.4 Å². The normalized spacial score (nSPS) is 10.5. The highest BCUT2D eigenvalue weighted by Crippen LogP contribution is 2.13. The fourth-order valence-electron chi connectivity index (χ4n) is 2.20. The molecule has 134 valence electrons. The minimum atomic E-state index is -0.609. The van der Waals surface area contributed by atoms with Gasteiger partial charge in [0.1, 0.15) is 12.4 Å². The molecule has 3 aromatic rings. The largest absolute Gasteiger partial charge is 0.456 e. The van der Waals surface area contributed by atoms with Gasteiger partial charge in [-0.3, -0.25) is 14.8 Å². The zero-order valence-corrected chi connectivity index (χ0v) is 14.7. The quantitative estimate of drug-likeness (QED) is 0.656. The Balaban J connectivity index is 1.51. The third kappa shape index (κ3) is 4.73. The van der Waals surface area contributed by atoms with E-state index in [1.807, 2.05) is 0 Å². The number of amides is 1. The van der Waals surface area contributed by atoms with Crippen LogP contribution in [0.2, 0.25) is 5.02 Å². The number of Topliss-reactive ketones (excluding diaryl/α,β-unsaturated/α-hetero) is 1. The van der Waals surface area contributed by atoms with Crippen LogP contribution in [-0.2, 0) is 17.9 Å². The summed E-state index contributed by atoms with van der Waals surface area (Å²) in [6.45, 7) is 1.91. The Hall–Kier alpha value is -3.06. The second-order valence-corrected chi connectivity index (χ2v) is 5.98. The highest BCUT2D eigenvalue weighted by molar-refractivity contribution is 6.30. The van der Waals surface area contributed by atoms with E-state index in [9.17, 15) is 9.59 Å². The number of hydrogen-bond donors (Lipinski definition) is 1. The number of aromatic nitrogens is 2. The molecule has 8 heteroatoms. The van der Waals surface area contributed by atoms with E-state index in [0.29, 0.717) is 28.9 Å². The van der Waals surface area contributed by atoms with Crippen LogP contribution in [0, 0.1) is 0 Å². The predicted octanol–water partition coefficient (Wildman–Crippen LogP) is 4.13. The summed E-state index contributed by atoms with van der Waals surface area (Å²) < 4.78 is 12.1. The van der Waals surface area contributed by atoms with Crippen LogP contribution in [0.4, 0.5) is 10.6 Å². The topological polar surface area (TPSA) is 86.4 Å². The molecule has 2 aromatic heterocycles. The summed E-state index contributed by atoms with van der Waals surface area (Å²) in [7, 11) is 0. The summed E-state index contributed by atoms with van der Waals surface area (Å²) in [5.41, 5.74) is 0.828. The van der Waals surface area contributed by atoms with Crippen molar-refractivity contribution in [3.63, 3.8) is 0 Å². The Bertz CT molecular complexity index is 915. The summed E-state index contributed by atoms with van der Waals surface area (Å²) in [6, 6.07) is 12.0. The number of anilines is 1. The average molecular weight is 374 g/mol. The van der Waals surface area contributed by atoms with Gasteiger partial charge in [-0.2, -0.15) is 5.10 Å². The van der Waals surface area contributed by atoms with E-state index in [2.05, 4.69) is 10.4 Å². The summed E-state index contributed by atoms with van der Waals surface area (Å²) in [5, 5.41) is 7.38. The fraction of sp³-hybridized carbons (Fsp3) is 0.167. The van der Waals surface area contributed by atoms with Crippen molar-refractivity contribution < 1.29 is 18.7 Å². The molecule has 0 aliphatic heterocycles. The molecule has 0 atom stereocenters. The number of carbonyl (C=O) groups is 2. The number of nitrogens with one attached hydrogen (secondary N) is 1. The highest BCUT2D eigenvalue weighted by atomic mass is 35.5. The van der Waals surface area contributed by atoms with Crippen molar-refractivity contribution in [2.75, 3.05) is 5.32 Å². The number of hydrogen-bond acceptors (Lipinski definition) is 5. The molecule has 3 rings (SSSR count). The van der Waals surface area contributed by atoms with E-state index in [4.69, 9.17) is 20.8 Å². The van der Waals surface area contributed by atoms with E-state index < -0.39 is 6.09 Å². The van der Waals surface area contributed by atoms with Crippen molar-refractivity contribution in [3.05, 3.63) is 70.8 Å². The molecule has 1 aromatic carbocycles. The molecule has 0 saturated heterocycles. The van der Waals surface area contributed by atoms with Crippen LogP contribution < -0.4 is 5.32 Å². The van der Waals surface area contributed by atoms with Crippen LogP contribution in [0.5, 0.6) is 0 Å². The van der Waals surface area contributed by atoms with Crippen molar-refractivity contribution in [2.45, 2.75) is 20.1 Å². The van der Waals surface area contributed by atoms with Gasteiger partial charge in [-0.05, 0) is 29.8 Å². The van der Waals surface area contributed by atoms with E-state index in [1.165, 1.54) is 6.92 Å². The Kier molecular flexibility index (Phi) is 5.38. The molecule has 1 N–H and O–H groups in total. The molecule has 0 aliphatic rings. The van der Waals surface area contributed by atoms with Gasteiger partial charge in [0.25, 0.3) is 0 Å². The van der Waals surface area contributed by atoms with E-state index in [0.717, 1.165) is 5.56 Å². The van der Waals surface area contributed by atoms with Crippen molar-refractivity contribution in [1.29, 1.82) is 0 Å². The molecule has 7 nitrogen and oxygen atoms in total. The highest BCUT2D eigenvalue weighted by Gasteiger charge is 2.09. The number of carbonyl (C=O) groups excluding carboxylic acids is 2. The number of ether oxygens (including phenoxy) is 1. The minimum Gasteiger partial charge on any atom is -0.456 e. The van der Waals surface area contributed by atoms with Gasteiger partial charge in [-0.25, -0.2) is 4.79 Å². The summed E-state index contributed by atoms with van der Waals surface area (Å²) in [4.78, 5) is 23.1. The third-order valence-corrected chi connectivity index (χ3v) is 3.73. The molecular formula is C18H16ClN3O4. The molecule has 26 heavy (non-hydrogen) atoms. The van der Waals surface area contributed by atoms with Crippen LogP contribution in [0.3, 0.4) is 0 Å². The Labute approximate surface area is 154 Å². The van der Waals surface area contributed by atoms with E-state index in [-0.39, 0.29) is 12.4 Å². The molecule has 0 saturated carbocycles. The minimum absolute atomic E-state index is 0.129. The first-order valence-corrected chi connectivity index (χ1v) is 8.19. The lowest BCUT2D eigenvalue weighted by molar-refractivity contribution is 0.0985. The third-order valence-electron chi connectivity index (χ3n) is 3.48. The van der Waals surface area contributed by atoms with E-state index >= 15 is 0 Å². The lowest BCUT2D eigenvalue weighted by Gasteiger charge is -2.05. The van der Waals surface area contributed by atoms with Crippen molar-refractivity contribution in [2.24, 2.45) is 0 Å². The van der Waals surface area contributed by atoms with Crippen LogP contribution in [-0.4, -0.2) is 21.7 Å². The molecular weight excluding hydrogens is 358 g/mol. The maximum Gasteiger partial charge on any atom is 0.413 e. The van der Waals surface area contributed by atoms with Crippen LogP contribution >= 0.6 is 11.6 Å². The number of benzene rings is 1. The SMILES string of the molecule is CC(=O)c1ccc(Cn2ccc(NC(=O)OCc3ccc(Cl)cc3)n2)o1. The van der Waals surface area contributed by atoms with Crippen LogP contribution in [0.1, 0.15) is 28.8 Å². The van der Waals surface area contributed by atoms with Crippen molar-refractivity contribution in [1.82, 2.24) is 9.78 Å². The smallest absolute Gasteiger partial charge is 0.413 e. The van der Waals surface area contributed by atoms with Gasteiger partial charge in [0, 0.05) is 24.2 Å². The van der Waals surface area contributed by atoms with E-state index in [1.54, 1.807) is 53.3 Å². The molecule has 0 fully saturated rings. The van der Waals surface area contributed by atoms with Crippen molar-refractivity contribution >= 4 is 29.3 Å². The first kappa shape index (κ1) is 17.8. The Morgan fingerprint density at radius 2 is 1.96 bits per heavy atom. The summed E-state index contributed by atoms with van der Waals surface area (Å²) in [6.07, 6.45) is 1.08. The first-order chi connectivity index (χ1) is 12.5. The number of ketones is 1. The van der Waals surface area contributed by atoms with Crippen molar-refractivity contribution in [3.8, 4) is 0 Å². The maximum absolute atomic E-state index is 11.8. The van der Waals surface area contributed by atoms with Gasteiger partial charge in [0.2, 0.25) is 0 Å². The van der Waals surface area contributed by atoms with Gasteiger partial charge < -0.3 is 9.15 Å². The maximum atomic E-state index is 11.8. The predicted molar refractivity (Wildman–Crippen MR) is 95.3 cm³/mol. The number of rotatable bonds is 6. The summed E-state index contributed by atoms with van der Waals surface area (Å²) in [5.74, 6) is 1.11. The monoisotopic (exact) mass is 373 g/mol. The van der Waals surface area contributed by atoms with Gasteiger partial charge >= 0.3 is 6.09 Å². The summed E-state index contributed by atoms with van der Waals surface area (Å²) >= 11 is 5.80. The Morgan fingerprint density at radius 1 is 1.19 bits per heavy atom. The fourth-order valence-corrected chi connectivity index (χ4v) is 2.32. The number of furan rings is 1. The number of nitrogens with zero attached hydrogens (tertiary/aromatic N) is 2. The zero-order chi connectivity index (χ0) is 18.5. The molecule has 0 radical (unpaired) electrons. The standard InChI is InChI=1S/C18H16ClN3O4/c1-12(23)16-7-6-15(26-16)10-22-9-8-17(21-22)20-18(24)25-11-13-2-4-14(19)5-3-13/h2-9H,10-11H2,1H3,(H,20,21,24). The Morgan fingerprint density at radius 3 is 2.65 bits per heavy atom. The van der Waals surface area contributed by atoms with Gasteiger partial charge in [-0.15, -0.1) is 0 Å². The molecule has 0 bridgehead atoms. The first-order valence-electron chi connectivity index (χ1n) is 7.81. The molecule has 0 aliphatic carbocycles. The van der Waals surface area contributed by atoms with Gasteiger partial charge in [0.05, 0.1) is 6.54 Å². The van der Waals surface area contributed by atoms with Crippen LogP contribution in [0.15, 0.2) is 53.1 Å². The van der Waals surface area contributed by atoms with Crippen LogP contribution in [0.25, 0.3) is 0 Å². The lowest BCUT2D eigenvalue weighted by Crippen LogP contribution is -2.14. The molecule has 2 heterocycles. The second-order valence-electron chi connectivity index (χ2n) is 5.55. The zero-order valence-electron chi connectivity index (χ0n) is 13.9. The number of halogens is 1. The second kappa shape index (κ2) is 7.88. The lowest BCUT2D eigenvalue weighted by atomic mass is 10.2. The van der Waals surface area contributed by atoms with Gasteiger partial charge in [-0.1, -0.05) is 23.7 Å².